The van der Waals surface area contributed by atoms with Crippen LogP contribution in [-0.4, -0.2) is 28.8 Å². The van der Waals surface area contributed by atoms with Crippen molar-refractivity contribution in [3.63, 3.8) is 0 Å². The third kappa shape index (κ3) is 3.00. The molecule has 0 amide bonds. The lowest BCUT2D eigenvalue weighted by molar-refractivity contribution is -0.151. The van der Waals surface area contributed by atoms with Crippen molar-refractivity contribution in [3.05, 3.63) is 52.8 Å². The van der Waals surface area contributed by atoms with Crippen molar-refractivity contribution < 1.29 is 19.1 Å². The van der Waals surface area contributed by atoms with Gasteiger partial charge in [0.15, 0.2) is 0 Å². The molecule has 0 radical (unpaired) electrons. The van der Waals surface area contributed by atoms with Crippen LogP contribution in [-0.2, 0) is 21.3 Å². The zero-order valence-corrected chi connectivity index (χ0v) is 13.0. The lowest BCUT2D eigenvalue weighted by atomic mass is 10.1. The summed E-state index contributed by atoms with van der Waals surface area (Å²) in [6.45, 7) is 3.49. The number of ether oxygens (including phenoxy) is 2. The Morgan fingerprint density at radius 1 is 1.18 bits per heavy atom. The molecule has 0 saturated carbocycles. The largest absolute Gasteiger partial charge is 0.466 e. The predicted octanol–water partition coefficient (Wildman–Crippen LogP) is 2.11. The summed E-state index contributed by atoms with van der Waals surface area (Å²) in [6, 6.07) is 8.75. The molecule has 0 aliphatic heterocycles. The Hall–Kier alpha value is -2.63. The van der Waals surface area contributed by atoms with Gasteiger partial charge in [-0.05, 0) is 13.8 Å². The highest BCUT2D eigenvalue weighted by atomic mass is 16.6. The molecule has 2 aromatic rings. The summed E-state index contributed by atoms with van der Waals surface area (Å²) in [5.41, 5.74) is 2.16. The third-order valence-electron chi connectivity index (χ3n) is 3.46. The predicted molar refractivity (Wildman–Crippen MR) is 79.3 cm³/mol. The Kier molecular flexibility index (Phi) is 4.60. The third-order valence-corrected chi connectivity index (χ3v) is 3.46. The fourth-order valence-corrected chi connectivity index (χ4v) is 2.22. The van der Waals surface area contributed by atoms with Gasteiger partial charge in [0.1, 0.15) is 5.56 Å². The maximum atomic E-state index is 12.4. The summed E-state index contributed by atoms with van der Waals surface area (Å²) in [5.74, 6) is -1.22. The van der Waals surface area contributed by atoms with Crippen LogP contribution in [0.15, 0.2) is 30.3 Å². The molecule has 0 fully saturated rings. The molecular weight excluding hydrogens is 284 g/mol. The highest BCUT2D eigenvalue weighted by Crippen LogP contribution is 2.22. The van der Waals surface area contributed by atoms with Gasteiger partial charge >= 0.3 is 11.9 Å². The van der Waals surface area contributed by atoms with E-state index in [1.54, 1.807) is 49.8 Å². The Morgan fingerprint density at radius 2 is 1.82 bits per heavy atom. The molecular formula is C16H18N2O4. The molecule has 0 unspecified atom stereocenters. The molecule has 0 N–H and O–H groups in total. The van der Waals surface area contributed by atoms with Gasteiger partial charge in [0.05, 0.1) is 12.8 Å². The Labute approximate surface area is 128 Å². The van der Waals surface area contributed by atoms with Crippen LogP contribution >= 0.6 is 0 Å². The number of hydrogen-bond donors (Lipinski definition) is 0. The van der Waals surface area contributed by atoms with Crippen molar-refractivity contribution in [2.75, 3.05) is 7.11 Å². The Bertz CT molecular complexity index is 692. The van der Waals surface area contributed by atoms with Gasteiger partial charge in [0.2, 0.25) is 6.10 Å². The van der Waals surface area contributed by atoms with Crippen molar-refractivity contribution in [1.29, 1.82) is 0 Å². The molecule has 6 heteroatoms. The van der Waals surface area contributed by atoms with Crippen molar-refractivity contribution >= 4 is 11.9 Å². The summed E-state index contributed by atoms with van der Waals surface area (Å²) >= 11 is 0. The monoisotopic (exact) mass is 302 g/mol. The van der Waals surface area contributed by atoms with Crippen molar-refractivity contribution in [2.45, 2.75) is 20.0 Å². The van der Waals surface area contributed by atoms with E-state index < -0.39 is 18.0 Å². The van der Waals surface area contributed by atoms with Crippen LogP contribution in [0.5, 0.6) is 0 Å². The van der Waals surface area contributed by atoms with Crippen molar-refractivity contribution in [3.8, 4) is 0 Å². The first-order chi connectivity index (χ1) is 10.5. The highest BCUT2D eigenvalue weighted by Gasteiger charge is 2.28. The second-order valence-corrected chi connectivity index (χ2v) is 4.89. The van der Waals surface area contributed by atoms with E-state index in [1.165, 1.54) is 7.11 Å². The molecule has 22 heavy (non-hydrogen) atoms. The van der Waals surface area contributed by atoms with Gasteiger partial charge < -0.3 is 9.47 Å². The van der Waals surface area contributed by atoms with Gasteiger partial charge in [0.25, 0.3) is 0 Å². The number of carbonyl (C=O) groups excluding carboxylic acids is 2. The van der Waals surface area contributed by atoms with E-state index in [9.17, 15) is 9.59 Å². The SMILES string of the molecule is COC(=O)[C@H](OC(=O)c1c(C)nn(C)c1C)c1ccccc1. The molecule has 0 spiro atoms. The van der Waals surface area contributed by atoms with Crippen LogP contribution in [0, 0.1) is 13.8 Å². The molecule has 0 saturated heterocycles. The first-order valence-corrected chi connectivity index (χ1v) is 6.79. The summed E-state index contributed by atoms with van der Waals surface area (Å²) in [4.78, 5) is 24.4. The summed E-state index contributed by atoms with van der Waals surface area (Å²) in [5, 5.41) is 4.18. The second kappa shape index (κ2) is 6.43. The van der Waals surface area contributed by atoms with Gasteiger partial charge in [0, 0.05) is 18.3 Å². The van der Waals surface area contributed by atoms with Gasteiger partial charge in [-0.3, -0.25) is 4.68 Å². The first kappa shape index (κ1) is 15.8. The van der Waals surface area contributed by atoms with E-state index >= 15 is 0 Å². The fraction of sp³-hybridized carbons (Fsp3) is 0.312. The fourth-order valence-electron chi connectivity index (χ4n) is 2.22. The molecule has 1 heterocycles. The van der Waals surface area contributed by atoms with Gasteiger partial charge in [-0.2, -0.15) is 5.10 Å². The molecule has 0 aliphatic carbocycles. The maximum Gasteiger partial charge on any atom is 0.351 e. The van der Waals surface area contributed by atoms with Crippen LogP contribution in [0.1, 0.15) is 33.4 Å². The number of benzene rings is 1. The number of esters is 2. The molecule has 116 valence electrons. The Balaban J connectivity index is 2.31. The van der Waals surface area contributed by atoms with Crippen molar-refractivity contribution in [2.24, 2.45) is 7.05 Å². The van der Waals surface area contributed by atoms with E-state index in [1.807, 2.05) is 6.07 Å². The average Bonchev–Trinajstić information content (AvgIpc) is 2.77. The number of aryl methyl sites for hydroxylation is 2. The van der Waals surface area contributed by atoms with E-state index in [-0.39, 0.29) is 0 Å². The minimum Gasteiger partial charge on any atom is -0.466 e. The van der Waals surface area contributed by atoms with E-state index in [0.29, 0.717) is 22.5 Å². The number of nitrogens with zero attached hydrogens (tertiary/aromatic N) is 2. The van der Waals surface area contributed by atoms with Crippen LogP contribution in [0.25, 0.3) is 0 Å². The van der Waals surface area contributed by atoms with E-state index in [0.717, 1.165) is 0 Å². The van der Waals surface area contributed by atoms with Gasteiger partial charge in [-0.1, -0.05) is 30.3 Å². The van der Waals surface area contributed by atoms with Gasteiger partial charge in [-0.25, -0.2) is 9.59 Å². The molecule has 2 rings (SSSR count). The highest BCUT2D eigenvalue weighted by molar-refractivity contribution is 5.93. The van der Waals surface area contributed by atoms with Crippen LogP contribution in [0.2, 0.25) is 0 Å². The number of aromatic nitrogens is 2. The lowest BCUT2D eigenvalue weighted by Gasteiger charge is -2.16. The number of rotatable bonds is 4. The molecule has 1 aromatic heterocycles. The van der Waals surface area contributed by atoms with Gasteiger partial charge in [-0.15, -0.1) is 0 Å². The Morgan fingerprint density at radius 3 is 2.32 bits per heavy atom. The molecule has 1 atom stereocenters. The summed E-state index contributed by atoms with van der Waals surface area (Å²) < 4.78 is 11.7. The van der Waals surface area contributed by atoms with E-state index in [2.05, 4.69) is 5.10 Å². The first-order valence-electron chi connectivity index (χ1n) is 6.79. The average molecular weight is 302 g/mol. The molecule has 6 nitrogen and oxygen atoms in total. The molecule has 0 aliphatic rings. The zero-order chi connectivity index (χ0) is 16.3. The minimum absolute atomic E-state index is 0.368. The standard InChI is InChI=1S/C16H18N2O4/c1-10-13(11(2)18(3)17-10)15(19)22-14(16(20)21-4)12-8-6-5-7-9-12/h5-9,14H,1-4H3/t14-/m1/s1. The maximum absolute atomic E-state index is 12.4. The molecule has 0 bridgehead atoms. The van der Waals surface area contributed by atoms with Crippen LogP contribution < -0.4 is 0 Å². The van der Waals surface area contributed by atoms with Crippen molar-refractivity contribution in [1.82, 2.24) is 9.78 Å². The number of hydrogen-bond acceptors (Lipinski definition) is 5. The normalized spacial score (nSPS) is 11.8. The zero-order valence-electron chi connectivity index (χ0n) is 13.0. The lowest BCUT2D eigenvalue weighted by Crippen LogP contribution is -2.21. The van der Waals surface area contributed by atoms with Crippen LogP contribution in [0.3, 0.4) is 0 Å². The topological polar surface area (TPSA) is 70.4 Å². The molecule has 1 aromatic carbocycles. The smallest absolute Gasteiger partial charge is 0.351 e. The number of carbonyl (C=O) groups is 2. The quantitative estimate of drug-likeness (QED) is 0.809. The summed E-state index contributed by atoms with van der Waals surface area (Å²) in [7, 11) is 3.00. The summed E-state index contributed by atoms with van der Waals surface area (Å²) in [6.07, 6.45) is -1.10. The minimum atomic E-state index is -1.10. The van der Waals surface area contributed by atoms with E-state index in [4.69, 9.17) is 9.47 Å². The van der Waals surface area contributed by atoms with Crippen LogP contribution in [0.4, 0.5) is 0 Å². The second-order valence-electron chi connectivity index (χ2n) is 4.89. The number of methoxy groups -OCH3 is 1.